The van der Waals surface area contributed by atoms with Crippen LogP contribution in [0.25, 0.3) is 22.4 Å². The monoisotopic (exact) mass is 269 g/mol. The van der Waals surface area contributed by atoms with E-state index < -0.39 is 0 Å². The Balaban J connectivity index is 2.30. The van der Waals surface area contributed by atoms with E-state index in [1.807, 2.05) is 28.8 Å². The Bertz CT molecular complexity index is 762. The predicted octanol–water partition coefficient (Wildman–Crippen LogP) is 3.83. The number of anilines is 1. The van der Waals surface area contributed by atoms with Crippen molar-refractivity contribution in [2.45, 2.75) is 19.9 Å². The predicted molar refractivity (Wildman–Crippen MR) is 79.8 cm³/mol. The van der Waals surface area contributed by atoms with Gasteiger partial charge in [0.05, 0.1) is 11.0 Å². The lowest BCUT2D eigenvalue weighted by Gasteiger charge is -2.09. The lowest BCUT2D eigenvalue weighted by Crippen LogP contribution is -2.01. The fourth-order valence-electron chi connectivity index (χ4n) is 2.45. The molecule has 0 atom stereocenters. The molecule has 0 aliphatic carbocycles. The SMILES string of the molecule is CCCn1c(-c2ccccc2N)nc2ccc(F)cc21. The highest BCUT2D eigenvalue weighted by atomic mass is 19.1. The fraction of sp³-hybridized carbons (Fsp3) is 0.188. The molecule has 0 bridgehead atoms. The zero-order valence-electron chi connectivity index (χ0n) is 11.3. The number of fused-ring (bicyclic) bond motifs is 1. The van der Waals surface area contributed by atoms with E-state index in [-0.39, 0.29) is 5.82 Å². The second-order valence-electron chi connectivity index (χ2n) is 4.81. The molecule has 0 unspecified atom stereocenters. The molecule has 20 heavy (non-hydrogen) atoms. The number of benzene rings is 2. The van der Waals surface area contributed by atoms with Gasteiger partial charge in [-0.05, 0) is 36.8 Å². The molecule has 0 aliphatic rings. The Morgan fingerprint density at radius 3 is 2.75 bits per heavy atom. The van der Waals surface area contributed by atoms with E-state index in [0.717, 1.165) is 35.4 Å². The van der Waals surface area contributed by atoms with Crippen molar-refractivity contribution in [3.8, 4) is 11.4 Å². The van der Waals surface area contributed by atoms with Crippen molar-refractivity contribution in [1.82, 2.24) is 9.55 Å². The van der Waals surface area contributed by atoms with E-state index in [1.54, 1.807) is 6.07 Å². The number of nitrogens with zero attached hydrogens (tertiary/aromatic N) is 2. The molecule has 3 nitrogen and oxygen atoms in total. The topological polar surface area (TPSA) is 43.8 Å². The average molecular weight is 269 g/mol. The van der Waals surface area contributed by atoms with Gasteiger partial charge in [-0.3, -0.25) is 0 Å². The van der Waals surface area contributed by atoms with Gasteiger partial charge in [0.25, 0.3) is 0 Å². The van der Waals surface area contributed by atoms with Crippen molar-refractivity contribution >= 4 is 16.7 Å². The summed E-state index contributed by atoms with van der Waals surface area (Å²) in [5, 5.41) is 0. The first-order valence-electron chi connectivity index (χ1n) is 6.71. The molecule has 2 aromatic carbocycles. The van der Waals surface area contributed by atoms with Crippen LogP contribution in [0.3, 0.4) is 0 Å². The Morgan fingerprint density at radius 1 is 1.20 bits per heavy atom. The highest BCUT2D eigenvalue weighted by Crippen LogP contribution is 2.29. The molecule has 0 saturated carbocycles. The smallest absolute Gasteiger partial charge is 0.143 e. The van der Waals surface area contributed by atoms with Gasteiger partial charge in [0, 0.05) is 17.8 Å². The summed E-state index contributed by atoms with van der Waals surface area (Å²) in [6.45, 7) is 2.87. The first kappa shape index (κ1) is 12.7. The molecule has 102 valence electrons. The molecule has 3 rings (SSSR count). The standard InChI is InChI=1S/C16H16FN3/c1-2-9-20-15-10-11(17)7-8-14(15)19-16(20)12-5-3-4-6-13(12)18/h3-8,10H,2,9,18H2,1H3. The third kappa shape index (κ3) is 2.03. The molecular weight excluding hydrogens is 253 g/mol. The highest BCUT2D eigenvalue weighted by Gasteiger charge is 2.14. The molecule has 0 aliphatic heterocycles. The van der Waals surface area contributed by atoms with Crippen LogP contribution in [0, 0.1) is 5.82 Å². The Morgan fingerprint density at radius 2 is 2.00 bits per heavy atom. The van der Waals surface area contributed by atoms with Crippen molar-refractivity contribution < 1.29 is 4.39 Å². The number of nitrogen functional groups attached to an aromatic ring is 1. The quantitative estimate of drug-likeness (QED) is 0.734. The number of imidazole rings is 1. The van der Waals surface area contributed by atoms with E-state index in [0.29, 0.717) is 5.69 Å². The van der Waals surface area contributed by atoms with Crippen molar-refractivity contribution in [3.63, 3.8) is 0 Å². The van der Waals surface area contributed by atoms with Crippen LogP contribution in [0.5, 0.6) is 0 Å². The van der Waals surface area contributed by atoms with Crippen molar-refractivity contribution in [1.29, 1.82) is 0 Å². The Hall–Kier alpha value is -2.36. The molecular formula is C16H16FN3. The summed E-state index contributed by atoms with van der Waals surface area (Å²) in [7, 11) is 0. The molecule has 1 aromatic heterocycles. The summed E-state index contributed by atoms with van der Waals surface area (Å²) >= 11 is 0. The summed E-state index contributed by atoms with van der Waals surface area (Å²) in [6.07, 6.45) is 0.946. The minimum atomic E-state index is -0.248. The maximum atomic E-state index is 13.5. The number of aryl methyl sites for hydroxylation is 1. The van der Waals surface area contributed by atoms with E-state index >= 15 is 0 Å². The molecule has 3 aromatic rings. The van der Waals surface area contributed by atoms with E-state index in [9.17, 15) is 4.39 Å². The van der Waals surface area contributed by atoms with Crippen LogP contribution in [0.4, 0.5) is 10.1 Å². The van der Waals surface area contributed by atoms with E-state index in [4.69, 9.17) is 5.73 Å². The lowest BCUT2D eigenvalue weighted by atomic mass is 10.1. The number of halogens is 1. The Kier molecular flexibility index (Phi) is 3.14. The number of nitrogens with two attached hydrogens (primary N) is 1. The van der Waals surface area contributed by atoms with Gasteiger partial charge in [0.1, 0.15) is 11.6 Å². The van der Waals surface area contributed by atoms with E-state index in [1.165, 1.54) is 12.1 Å². The van der Waals surface area contributed by atoms with Gasteiger partial charge in [0.15, 0.2) is 0 Å². The third-order valence-corrected chi connectivity index (χ3v) is 3.36. The van der Waals surface area contributed by atoms with Crippen LogP contribution in [0.2, 0.25) is 0 Å². The van der Waals surface area contributed by atoms with Crippen LogP contribution in [-0.2, 0) is 6.54 Å². The highest BCUT2D eigenvalue weighted by molar-refractivity contribution is 5.83. The van der Waals surface area contributed by atoms with Gasteiger partial charge in [-0.25, -0.2) is 9.37 Å². The van der Waals surface area contributed by atoms with Crippen LogP contribution in [0.1, 0.15) is 13.3 Å². The summed E-state index contributed by atoms with van der Waals surface area (Å²) < 4.78 is 15.5. The zero-order chi connectivity index (χ0) is 14.1. The summed E-state index contributed by atoms with van der Waals surface area (Å²) in [6, 6.07) is 12.3. The minimum Gasteiger partial charge on any atom is -0.398 e. The number of hydrogen-bond acceptors (Lipinski definition) is 2. The molecule has 0 saturated heterocycles. The molecule has 0 fully saturated rings. The van der Waals surface area contributed by atoms with Gasteiger partial charge in [-0.15, -0.1) is 0 Å². The number of aromatic nitrogens is 2. The van der Waals surface area contributed by atoms with Crippen molar-refractivity contribution in [3.05, 3.63) is 48.3 Å². The molecule has 4 heteroatoms. The normalized spacial score (nSPS) is 11.1. The molecule has 0 amide bonds. The van der Waals surface area contributed by atoms with Gasteiger partial charge >= 0.3 is 0 Å². The number of para-hydroxylation sites is 1. The fourth-order valence-corrected chi connectivity index (χ4v) is 2.45. The second-order valence-corrected chi connectivity index (χ2v) is 4.81. The van der Waals surface area contributed by atoms with Gasteiger partial charge in [-0.1, -0.05) is 19.1 Å². The minimum absolute atomic E-state index is 0.248. The van der Waals surface area contributed by atoms with Crippen molar-refractivity contribution in [2.75, 3.05) is 5.73 Å². The molecule has 0 spiro atoms. The maximum absolute atomic E-state index is 13.5. The summed E-state index contributed by atoms with van der Waals surface area (Å²) in [5.74, 6) is 0.549. The molecule has 0 radical (unpaired) electrons. The number of hydrogen-bond donors (Lipinski definition) is 1. The third-order valence-electron chi connectivity index (χ3n) is 3.36. The summed E-state index contributed by atoms with van der Waals surface area (Å²) in [4.78, 5) is 4.62. The molecule has 1 heterocycles. The van der Waals surface area contributed by atoms with Crippen LogP contribution < -0.4 is 5.73 Å². The number of rotatable bonds is 3. The lowest BCUT2D eigenvalue weighted by molar-refractivity contribution is 0.627. The van der Waals surface area contributed by atoms with Gasteiger partial charge in [-0.2, -0.15) is 0 Å². The first-order chi connectivity index (χ1) is 9.70. The largest absolute Gasteiger partial charge is 0.398 e. The van der Waals surface area contributed by atoms with Gasteiger partial charge in [0.2, 0.25) is 0 Å². The zero-order valence-corrected chi connectivity index (χ0v) is 11.3. The second kappa shape index (κ2) is 4.96. The molecule has 2 N–H and O–H groups in total. The Labute approximate surface area is 116 Å². The van der Waals surface area contributed by atoms with Crippen LogP contribution in [0.15, 0.2) is 42.5 Å². The summed E-state index contributed by atoms with van der Waals surface area (Å²) in [5.41, 5.74) is 9.21. The van der Waals surface area contributed by atoms with E-state index in [2.05, 4.69) is 11.9 Å². The first-order valence-corrected chi connectivity index (χ1v) is 6.71. The van der Waals surface area contributed by atoms with Crippen LogP contribution in [-0.4, -0.2) is 9.55 Å². The maximum Gasteiger partial charge on any atom is 0.143 e. The average Bonchev–Trinajstić information content (AvgIpc) is 2.78. The van der Waals surface area contributed by atoms with Gasteiger partial charge < -0.3 is 10.3 Å². The van der Waals surface area contributed by atoms with Crippen LogP contribution >= 0.6 is 0 Å². The van der Waals surface area contributed by atoms with Crippen molar-refractivity contribution in [2.24, 2.45) is 0 Å².